The number of benzene rings is 1. The maximum absolute atomic E-state index is 11.2. The fourth-order valence-corrected chi connectivity index (χ4v) is 1.29. The van der Waals surface area contributed by atoms with Crippen molar-refractivity contribution < 1.29 is 14.7 Å². The number of nitrogens with two attached hydrogens (primary N) is 1. The minimum Gasteiger partial charge on any atom is -0.478 e. The second-order valence-corrected chi connectivity index (χ2v) is 3.41. The monoisotopic (exact) mass is 237 g/mol. The smallest absolute Gasteiger partial charge is 0.335 e. The molecule has 0 unspecified atom stereocenters. The molecule has 0 aliphatic carbocycles. The second-order valence-electron chi connectivity index (χ2n) is 3.41. The van der Waals surface area contributed by atoms with Gasteiger partial charge in [-0.1, -0.05) is 0 Å². The summed E-state index contributed by atoms with van der Waals surface area (Å²) in [6, 6.07) is 4.32. The van der Waals surface area contributed by atoms with Gasteiger partial charge in [0, 0.05) is 6.54 Å². The van der Waals surface area contributed by atoms with Gasteiger partial charge >= 0.3 is 5.97 Å². The Balaban J connectivity index is 2.66. The Morgan fingerprint density at radius 2 is 2.12 bits per heavy atom. The van der Waals surface area contributed by atoms with Crippen molar-refractivity contribution in [3.8, 4) is 0 Å². The number of nitrogen functional groups attached to an aromatic ring is 1. The fraction of sp³-hybridized carbons (Fsp3) is 0.273. The Morgan fingerprint density at radius 1 is 1.41 bits per heavy atom. The zero-order valence-electron chi connectivity index (χ0n) is 9.49. The van der Waals surface area contributed by atoms with E-state index in [4.69, 9.17) is 10.8 Å². The van der Waals surface area contributed by atoms with Crippen LogP contribution in [0.15, 0.2) is 18.2 Å². The molecule has 0 aliphatic heterocycles. The summed E-state index contributed by atoms with van der Waals surface area (Å²) in [6.45, 7) is 2.49. The van der Waals surface area contributed by atoms with Crippen molar-refractivity contribution in [3.05, 3.63) is 23.8 Å². The van der Waals surface area contributed by atoms with Crippen LogP contribution in [-0.4, -0.2) is 30.1 Å². The predicted octanol–water partition coefficient (Wildman–Crippen LogP) is 0.515. The van der Waals surface area contributed by atoms with Gasteiger partial charge in [0.25, 0.3) is 0 Å². The number of amides is 1. The van der Waals surface area contributed by atoms with Crippen LogP contribution in [0.25, 0.3) is 0 Å². The first-order valence-electron chi connectivity index (χ1n) is 5.18. The van der Waals surface area contributed by atoms with Crippen molar-refractivity contribution in [1.82, 2.24) is 5.32 Å². The summed E-state index contributed by atoms with van der Waals surface area (Å²) >= 11 is 0. The largest absolute Gasteiger partial charge is 0.478 e. The van der Waals surface area contributed by atoms with E-state index in [0.29, 0.717) is 17.9 Å². The molecule has 0 fully saturated rings. The summed E-state index contributed by atoms with van der Waals surface area (Å²) in [6.07, 6.45) is 0. The Morgan fingerprint density at radius 3 is 2.65 bits per heavy atom. The number of carboxylic acids is 1. The van der Waals surface area contributed by atoms with Gasteiger partial charge < -0.3 is 21.5 Å². The van der Waals surface area contributed by atoms with E-state index >= 15 is 0 Å². The number of anilines is 2. The molecule has 6 heteroatoms. The molecular formula is C11H15N3O3. The van der Waals surface area contributed by atoms with Crippen LogP contribution in [0.3, 0.4) is 0 Å². The van der Waals surface area contributed by atoms with Crippen molar-refractivity contribution in [2.24, 2.45) is 0 Å². The third-order valence-electron chi connectivity index (χ3n) is 2.11. The summed E-state index contributed by atoms with van der Waals surface area (Å²) in [5.41, 5.74) is 6.62. The van der Waals surface area contributed by atoms with Crippen LogP contribution >= 0.6 is 0 Å². The summed E-state index contributed by atoms with van der Waals surface area (Å²) < 4.78 is 0. The van der Waals surface area contributed by atoms with Gasteiger partial charge in [-0.25, -0.2) is 4.79 Å². The molecule has 0 bridgehead atoms. The summed E-state index contributed by atoms with van der Waals surface area (Å²) in [5, 5.41) is 14.2. The highest BCUT2D eigenvalue weighted by atomic mass is 16.4. The molecule has 6 nitrogen and oxygen atoms in total. The number of carboxylic acid groups (broad SMARTS) is 1. The standard InChI is InChI=1S/C11H15N3O3/c1-2-13-10(15)6-14-9-4-3-7(11(16)17)5-8(9)12/h3-5,14H,2,6,12H2,1H3,(H,13,15)(H,16,17). The summed E-state index contributed by atoms with van der Waals surface area (Å²) in [7, 11) is 0. The molecule has 0 spiro atoms. The molecule has 5 N–H and O–H groups in total. The van der Waals surface area contributed by atoms with E-state index in [2.05, 4.69) is 10.6 Å². The Labute approximate surface area is 98.8 Å². The maximum Gasteiger partial charge on any atom is 0.335 e. The van der Waals surface area contributed by atoms with Crippen LogP contribution < -0.4 is 16.4 Å². The lowest BCUT2D eigenvalue weighted by atomic mass is 10.2. The highest BCUT2D eigenvalue weighted by molar-refractivity contribution is 5.91. The van der Waals surface area contributed by atoms with Crippen LogP contribution in [-0.2, 0) is 4.79 Å². The van der Waals surface area contributed by atoms with Gasteiger partial charge in [0.2, 0.25) is 5.91 Å². The van der Waals surface area contributed by atoms with Gasteiger partial charge in [0.05, 0.1) is 23.5 Å². The van der Waals surface area contributed by atoms with Gasteiger partial charge in [-0.05, 0) is 25.1 Å². The van der Waals surface area contributed by atoms with Crippen molar-refractivity contribution >= 4 is 23.3 Å². The topological polar surface area (TPSA) is 104 Å². The van der Waals surface area contributed by atoms with E-state index in [1.54, 1.807) is 0 Å². The second kappa shape index (κ2) is 5.74. The van der Waals surface area contributed by atoms with Crippen LogP contribution in [0.4, 0.5) is 11.4 Å². The van der Waals surface area contributed by atoms with Gasteiger partial charge in [-0.3, -0.25) is 4.79 Å². The van der Waals surface area contributed by atoms with Gasteiger partial charge in [0.1, 0.15) is 0 Å². The number of hydrogen-bond donors (Lipinski definition) is 4. The van der Waals surface area contributed by atoms with E-state index < -0.39 is 5.97 Å². The molecular weight excluding hydrogens is 222 g/mol. The van der Waals surface area contributed by atoms with E-state index in [9.17, 15) is 9.59 Å². The first-order chi connectivity index (χ1) is 8.04. The van der Waals surface area contributed by atoms with Crippen molar-refractivity contribution in [2.45, 2.75) is 6.92 Å². The quantitative estimate of drug-likeness (QED) is 0.559. The minimum absolute atomic E-state index is 0.102. The summed E-state index contributed by atoms with van der Waals surface area (Å²) in [4.78, 5) is 21.9. The summed E-state index contributed by atoms with van der Waals surface area (Å²) in [5.74, 6) is -1.18. The average molecular weight is 237 g/mol. The Hall–Kier alpha value is -2.24. The highest BCUT2D eigenvalue weighted by Gasteiger charge is 2.07. The minimum atomic E-state index is -1.04. The molecule has 1 aromatic carbocycles. The molecule has 0 aliphatic rings. The van der Waals surface area contributed by atoms with E-state index in [0.717, 1.165) is 0 Å². The molecule has 0 saturated heterocycles. The highest BCUT2D eigenvalue weighted by Crippen LogP contribution is 2.19. The van der Waals surface area contributed by atoms with Gasteiger partial charge in [-0.2, -0.15) is 0 Å². The molecule has 1 rings (SSSR count). The van der Waals surface area contributed by atoms with Crippen LogP contribution in [0, 0.1) is 0 Å². The average Bonchev–Trinajstić information content (AvgIpc) is 2.27. The third-order valence-corrected chi connectivity index (χ3v) is 2.11. The zero-order valence-corrected chi connectivity index (χ0v) is 9.49. The van der Waals surface area contributed by atoms with Crippen molar-refractivity contribution in [2.75, 3.05) is 24.1 Å². The lowest BCUT2D eigenvalue weighted by Gasteiger charge is -2.09. The molecule has 1 aromatic rings. The predicted molar refractivity (Wildman–Crippen MR) is 65.0 cm³/mol. The Kier molecular flexibility index (Phi) is 4.33. The number of carbonyl (C=O) groups is 2. The van der Waals surface area contributed by atoms with Gasteiger partial charge in [-0.15, -0.1) is 0 Å². The normalized spacial score (nSPS) is 9.71. The lowest BCUT2D eigenvalue weighted by Crippen LogP contribution is -2.29. The number of nitrogens with one attached hydrogen (secondary N) is 2. The number of aromatic carboxylic acids is 1. The van der Waals surface area contributed by atoms with Crippen molar-refractivity contribution in [3.63, 3.8) is 0 Å². The van der Waals surface area contributed by atoms with Crippen molar-refractivity contribution in [1.29, 1.82) is 0 Å². The SMILES string of the molecule is CCNC(=O)CNc1ccc(C(=O)O)cc1N. The van der Waals surface area contributed by atoms with Crippen LogP contribution in [0.5, 0.6) is 0 Å². The first kappa shape index (κ1) is 12.8. The Bertz CT molecular complexity index is 432. The molecule has 17 heavy (non-hydrogen) atoms. The molecule has 0 saturated carbocycles. The maximum atomic E-state index is 11.2. The zero-order chi connectivity index (χ0) is 12.8. The molecule has 0 aromatic heterocycles. The molecule has 92 valence electrons. The van der Waals surface area contributed by atoms with E-state index in [1.807, 2.05) is 6.92 Å². The fourth-order valence-electron chi connectivity index (χ4n) is 1.29. The number of rotatable bonds is 5. The van der Waals surface area contributed by atoms with E-state index in [1.165, 1.54) is 18.2 Å². The van der Waals surface area contributed by atoms with Crippen LogP contribution in [0.2, 0.25) is 0 Å². The van der Waals surface area contributed by atoms with E-state index in [-0.39, 0.29) is 18.0 Å². The number of carbonyl (C=O) groups excluding carboxylic acids is 1. The molecule has 0 atom stereocenters. The number of hydrogen-bond acceptors (Lipinski definition) is 4. The molecule has 0 radical (unpaired) electrons. The third kappa shape index (κ3) is 3.67. The lowest BCUT2D eigenvalue weighted by molar-refractivity contribution is -0.119. The number of likely N-dealkylation sites (N-methyl/N-ethyl adjacent to an activating group) is 1. The first-order valence-corrected chi connectivity index (χ1v) is 5.18. The van der Waals surface area contributed by atoms with Crippen LogP contribution in [0.1, 0.15) is 17.3 Å². The molecule has 0 heterocycles. The molecule has 1 amide bonds. The van der Waals surface area contributed by atoms with Gasteiger partial charge in [0.15, 0.2) is 0 Å².